The van der Waals surface area contributed by atoms with Crippen molar-refractivity contribution in [3.63, 3.8) is 0 Å². The maximum Gasteiger partial charge on any atom is 0.143 e. The molecule has 2 rings (SSSR count). The second kappa shape index (κ2) is 7.22. The van der Waals surface area contributed by atoms with Gasteiger partial charge in [0, 0.05) is 0 Å². The molecule has 1 unspecified atom stereocenters. The highest BCUT2D eigenvalue weighted by Gasteiger charge is 2.17. The first-order valence-corrected chi connectivity index (χ1v) is 7.67. The van der Waals surface area contributed by atoms with Crippen molar-refractivity contribution < 1.29 is 14.9 Å². The number of ether oxygens (including phenoxy) is 1. The van der Waals surface area contributed by atoms with Crippen molar-refractivity contribution in [3.05, 3.63) is 62.5 Å². The Kier molecular flexibility index (Phi) is 5.60. The molecular weight excluding hydrogens is 388 g/mol. The number of aliphatic hydroxyl groups excluding tert-OH is 1. The maximum atomic E-state index is 9.78. The van der Waals surface area contributed by atoms with Gasteiger partial charge in [-0.2, -0.15) is 0 Å². The highest BCUT2D eigenvalue weighted by molar-refractivity contribution is 9.11. The van der Waals surface area contributed by atoms with E-state index in [1.165, 1.54) is 0 Å². The fraction of sp³-hybridized carbons (Fsp3) is 0.200. The van der Waals surface area contributed by atoms with Crippen LogP contribution in [0, 0.1) is 0 Å². The summed E-state index contributed by atoms with van der Waals surface area (Å²) in [6, 6.07) is 13.4. The quantitative estimate of drug-likeness (QED) is 0.795. The standard InChI is InChI=1S/C15H14Br2O3/c16-12-8-11(9-13(17)14(12)19)15(20-7-6-18)10-4-2-1-3-5-10/h1-5,8-9,15,18-19H,6-7H2. The monoisotopic (exact) mass is 400 g/mol. The highest BCUT2D eigenvalue weighted by atomic mass is 79.9. The summed E-state index contributed by atoms with van der Waals surface area (Å²) in [5.74, 6) is 0.155. The van der Waals surface area contributed by atoms with Gasteiger partial charge in [0.2, 0.25) is 0 Å². The van der Waals surface area contributed by atoms with E-state index in [4.69, 9.17) is 9.84 Å². The van der Waals surface area contributed by atoms with Gasteiger partial charge in [0.05, 0.1) is 22.2 Å². The minimum absolute atomic E-state index is 0.0379. The number of halogens is 2. The molecule has 0 aliphatic heterocycles. The van der Waals surface area contributed by atoms with E-state index in [2.05, 4.69) is 31.9 Å². The van der Waals surface area contributed by atoms with Gasteiger partial charge in [0.15, 0.2) is 0 Å². The largest absolute Gasteiger partial charge is 0.506 e. The van der Waals surface area contributed by atoms with Crippen LogP contribution < -0.4 is 0 Å². The minimum atomic E-state index is -0.295. The zero-order valence-corrected chi connectivity index (χ0v) is 13.8. The molecule has 2 N–H and O–H groups in total. The molecule has 0 saturated heterocycles. The van der Waals surface area contributed by atoms with Crippen LogP contribution in [0.3, 0.4) is 0 Å². The van der Waals surface area contributed by atoms with E-state index in [9.17, 15) is 5.11 Å². The van der Waals surface area contributed by atoms with Gasteiger partial charge in [-0.3, -0.25) is 0 Å². The number of benzene rings is 2. The smallest absolute Gasteiger partial charge is 0.143 e. The van der Waals surface area contributed by atoms with Gasteiger partial charge in [0.25, 0.3) is 0 Å². The van der Waals surface area contributed by atoms with E-state index in [-0.39, 0.29) is 25.1 Å². The molecule has 0 aliphatic carbocycles. The van der Waals surface area contributed by atoms with Gasteiger partial charge in [0.1, 0.15) is 11.9 Å². The Morgan fingerprint density at radius 2 is 1.60 bits per heavy atom. The van der Waals surface area contributed by atoms with Gasteiger partial charge in [-0.05, 0) is 55.1 Å². The number of hydrogen-bond acceptors (Lipinski definition) is 3. The Bertz CT molecular complexity index is 550. The number of aromatic hydroxyl groups is 1. The molecule has 0 radical (unpaired) electrons. The van der Waals surface area contributed by atoms with Crippen molar-refractivity contribution >= 4 is 31.9 Å². The molecule has 2 aromatic carbocycles. The molecule has 0 aliphatic rings. The van der Waals surface area contributed by atoms with Crippen molar-refractivity contribution in [2.75, 3.05) is 13.2 Å². The zero-order valence-electron chi connectivity index (χ0n) is 10.6. The third kappa shape index (κ3) is 3.61. The van der Waals surface area contributed by atoms with Crippen molar-refractivity contribution in [1.29, 1.82) is 0 Å². The van der Waals surface area contributed by atoms with E-state index in [1.54, 1.807) is 0 Å². The molecule has 0 heterocycles. The van der Waals surface area contributed by atoms with Crippen molar-refractivity contribution in [1.82, 2.24) is 0 Å². The van der Waals surface area contributed by atoms with Crippen LogP contribution in [0.2, 0.25) is 0 Å². The predicted octanol–water partition coefficient (Wildman–Crippen LogP) is 4.02. The summed E-state index contributed by atoms with van der Waals surface area (Å²) in [7, 11) is 0. The Morgan fingerprint density at radius 3 is 2.15 bits per heavy atom. The lowest BCUT2D eigenvalue weighted by Crippen LogP contribution is -2.09. The summed E-state index contributed by atoms with van der Waals surface area (Å²) < 4.78 is 6.93. The van der Waals surface area contributed by atoms with Gasteiger partial charge in [-0.1, -0.05) is 30.3 Å². The highest BCUT2D eigenvalue weighted by Crippen LogP contribution is 2.37. The number of phenolic OH excluding ortho intramolecular Hbond substituents is 1. The lowest BCUT2D eigenvalue weighted by Gasteiger charge is -2.19. The molecular formula is C15H14Br2O3. The summed E-state index contributed by atoms with van der Waals surface area (Å²) in [6.45, 7) is 0.208. The molecule has 3 nitrogen and oxygen atoms in total. The summed E-state index contributed by atoms with van der Waals surface area (Å²) in [5, 5.41) is 18.8. The summed E-state index contributed by atoms with van der Waals surface area (Å²) in [4.78, 5) is 0. The van der Waals surface area contributed by atoms with Crippen LogP contribution >= 0.6 is 31.9 Å². The molecule has 5 heteroatoms. The van der Waals surface area contributed by atoms with Crippen molar-refractivity contribution in [2.24, 2.45) is 0 Å². The maximum absolute atomic E-state index is 9.78. The first kappa shape index (κ1) is 15.5. The molecule has 0 amide bonds. The van der Waals surface area contributed by atoms with Crippen LogP contribution in [0.25, 0.3) is 0 Å². The fourth-order valence-corrected chi connectivity index (χ4v) is 3.14. The third-order valence-corrected chi connectivity index (χ3v) is 4.03. The molecule has 0 bridgehead atoms. The predicted molar refractivity (Wildman–Crippen MR) is 84.8 cm³/mol. The van der Waals surface area contributed by atoms with Crippen molar-refractivity contribution in [3.8, 4) is 5.75 Å². The van der Waals surface area contributed by atoms with E-state index < -0.39 is 0 Å². The number of phenols is 1. The lowest BCUT2D eigenvalue weighted by atomic mass is 10.0. The molecule has 106 valence electrons. The topological polar surface area (TPSA) is 49.7 Å². The first-order valence-electron chi connectivity index (χ1n) is 6.08. The molecule has 0 fully saturated rings. The third-order valence-electron chi connectivity index (χ3n) is 2.82. The average molecular weight is 402 g/mol. The van der Waals surface area contributed by atoms with E-state index in [0.717, 1.165) is 11.1 Å². The second-order valence-electron chi connectivity index (χ2n) is 4.22. The summed E-state index contributed by atoms with van der Waals surface area (Å²) in [6.07, 6.45) is -0.295. The Morgan fingerprint density at radius 1 is 1.00 bits per heavy atom. The summed E-state index contributed by atoms with van der Waals surface area (Å²) in [5.41, 5.74) is 1.88. The van der Waals surface area contributed by atoms with E-state index >= 15 is 0 Å². The number of hydrogen-bond donors (Lipinski definition) is 2. The molecule has 0 saturated carbocycles. The van der Waals surface area contributed by atoms with Gasteiger partial charge < -0.3 is 14.9 Å². The van der Waals surface area contributed by atoms with Crippen LogP contribution in [0.15, 0.2) is 51.4 Å². The molecule has 2 aromatic rings. The van der Waals surface area contributed by atoms with Crippen LogP contribution in [0.5, 0.6) is 5.75 Å². The van der Waals surface area contributed by atoms with E-state index in [0.29, 0.717) is 8.95 Å². The van der Waals surface area contributed by atoms with Gasteiger partial charge in [-0.25, -0.2) is 0 Å². The number of aliphatic hydroxyl groups is 1. The lowest BCUT2D eigenvalue weighted by molar-refractivity contribution is 0.0500. The van der Waals surface area contributed by atoms with Gasteiger partial charge in [-0.15, -0.1) is 0 Å². The normalized spacial score (nSPS) is 12.3. The Balaban J connectivity index is 2.41. The fourth-order valence-electron chi connectivity index (χ4n) is 1.92. The zero-order chi connectivity index (χ0) is 14.5. The number of rotatable bonds is 5. The van der Waals surface area contributed by atoms with Crippen LogP contribution in [-0.4, -0.2) is 23.4 Å². The molecule has 0 aromatic heterocycles. The van der Waals surface area contributed by atoms with E-state index in [1.807, 2.05) is 42.5 Å². The molecule has 20 heavy (non-hydrogen) atoms. The Labute approximate surface area is 134 Å². The minimum Gasteiger partial charge on any atom is -0.506 e. The molecule has 0 spiro atoms. The van der Waals surface area contributed by atoms with Crippen LogP contribution in [0.1, 0.15) is 17.2 Å². The second-order valence-corrected chi connectivity index (χ2v) is 5.93. The van der Waals surface area contributed by atoms with Crippen molar-refractivity contribution in [2.45, 2.75) is 6.10 Å². The summed E-state index contributed by atoms with van der Waals surface area (Å²) >= 11 is 6.64. The van der Waals surface area contributed by atoms with Crippen LogP contribution in [0.4, 0.5) is 0 Å². The first-order chi connectivity index (χ1) is 9.63. The SMILES string of the molecule is OCCOC(c1ccccc1)c1cc(Br)c(O)c(Br)c1. The van der Waals surface area contributed by atoms with Crippen LogP contribution in [-0.2, 0) is 4.74 Å². The molecule has 1 atom stereocenters. The average Bonchev–Trinajstić information content (AvgIpc) is 2.46. The Hall–Kier alpha value is -0.880. The van der Waals surface area contributed by atoms with Gasteiger partial charge >= 0.3 is 0 Å².